The zero-order chi connectivity index (χ0) is 22.0. The number of hydrogen-bond acceptors (Lipinski definition) is 3. The molecule has 0 aromatic heterocycles. The first-order valence-corrected chi connectivity index (χ1v) is 9.70. The summed E-state index contributed by atoms with van der Waals surface area (Å²) in [6, 6.07) is 18.0. The Labute approximate surface area is 177 Å². The predicted molar refractivity (Wildman–Crippen MR) is 112 cm³/mol. The van der Waals surface area contributed by atoms with Gasteiger partial charge in [-0.2, -0.15) is 0 Å². The second-order valence-electron chi connectivity index (χ2n) is 7.22. The quantitative estimate of drug-likeness (QED) is 0.497. The molecule has 31 heavy (non-hydrogen) atoms. The van der Waals surface area contributed by atoms with E-state index < -0.39 is 29.4 Å². The van der Waals surface area contributed by atoms with E-state index in [0.717, 1.165) is 18.2 Å². The van der Waals surface area contributed by atoms with Gasteiger partial charge in [0, 0.05) is 35.1 Å². The van der Waals surface area contributed by atoms with Gasteiger partial charge in [-0.3, -0.25) is 14.4 Å². The third-order valence-electron chi connectivity index (χ3n) is 5.11. The number of hydrogen-bond donors (Lipinski definition) is 1. The van der Waals surface area contributed by atoms with Gasteiger partial charge in [0.15, 0.2) is 5.78 Å². The molecule has 7 heteroatoms. The Balaban J connectivity index is 1.48. The summed E-state index contributed by atoms with van der Waals surface area (Å²) in [5, 5.41) is 2.67. The van der Waals surface area contributed by atoms with Crippen LogP contribution in [0.15, 0.2) is 72.8 Å². The summed E-state index contributed by atoms with van der Waals surface area (Å²) in [6.07, 6.45) is 0.214. The fourth-order valence-electron chi connectivity index (χ4n) is 3.60. The molecule has 1 unspecified atom stereocenters. The summed E-state index contributed by atoms with van der Waals surface area (Å²) in [5.74, 6) is -3.83. The highest BCUT2D eigenvalue weighted by atomic mass is 19.1. The molecule has 1 aliphatic heterocycles. The van der Waals surface area contributed by atoms with E-state index in [-0.39, 0.29) is 24.4 Å². The average Bonchev–Trinajstić information content (AvgIpc) is 3.15. The number of rotatable bonds is 5. The highest BCUT2D eigenvalue weighted by Crippen LogP contribution is 2.28. The number of carbonyl (C=O) groups excluding carboxylic acids is 3. The van der Waals surface area contributed by atoms with Crippen LogP contribution >= 0.6 is 0 Å². The number of ketones is 1. The lowest BCUT2D eigenvalue weighted by Gasteiger charge is -2.17. The summed E-state index contributed by atoms with van der Waals surface area (Å²) in [4.78, 5) is 39.2. The molecular weight excluding hydrogens is 402 g/mol. The van der Waals surface area contributed by atoms with Crippen LogP contribution in [0.5, 0.6) is 0 Å². The standard InChI is InChI=1S/C24H18F2N2O3/c25-17-12-18(26)14-20(13-17)28-10-9-21(24(28)31)23(30)27-19-8-4-7-16(11-19)22(29)15-5-2-1-3-6-15/h1-8,11-14,21H,9-10H2,(H,27,30). The average molecular weight is 420 g/mol. The van der Waals surface area contributed by atoms with E-state index in [9.17, 15) is 23.2 Å². The van der Waals surface area contributed by atoms with Crippen molar-refractivity contribution >= 4 is 29.0 Å². The zero-order valence-electron chi connectivity index (χ0n) is 16.3. The summed E-state index contributed by atoms with van der Waals surface area (Å²) in [6.45, 7) is 0.173. The van der Waals surface area contributed by atoms with Gasteiger partial charge in [-0.15, -0.1) is 0 Å². The maximum atomic E-state index is 13.5. The van der Waals surface area contributed by atoms with E-state index in [4.69, 9.17) is 0 Å². The van der Waals surface area contributed by atoms with Crippen LogP contribution < -0.4 is 10.2 Å². The third kappa shape index (κ3) is 4.35. The molecule has 1 saturated heterocycles. The molecule has 1 aliphatic rings. The van der Waals surface area contributed by atoms with Crippen molar-refractivity contribution in [2.24, 2.45) is 5.92 Å². The second kappa shape index (κ2) is 8.47. The van der Waals surface area contributed by atoms with Crippen molar-refractivity contribution in [2.75, 3.05) is 16.8 Å². The molecule has 0 bridgehead atoms. The van der Waals surface area contributed by atoms with Gasteiger partial charge in [-0.25, -0.2) is 8.78 Å². The van der Waals surface area contributed by atoms with E-state index in [1.807, 2.05) is 6.07 Å². The maximum Gasteiger partial charge on any atom is 0.239 e. The SMILES string of the molecule is O=C(c1ccccc1)c1cccc(NC(=O)C2CCN(c3cc(F)cc(F)c3)C2=O)c1. The minimum Gasteiger partial charge on any atom is -0.325 e. The number of carbonyl (C=O) groups is 3. The Kier molecular flexibility index (Phi) is 5.58. The van der Waals surface area contributed by atoms with Crippen LogP contribution in [-0.2, 0) is 9.59 Å². The molecule has 0 spiro atoms. The normalized spacial score (nSPS) is 15.7. The van der Waals surface area contributed by atoms with Crippen LogP contribution in [0.2, 0.25) is 0 Å². The molecule has 1 N–H and O–H groups in total. The molecule has 3 aromatic carbocycles. The van der Waals surface area contributed by atoms with Gasteiger partial charge < -0.3 is 10.2 Å². The van der Waals surface area contributed by atoms with Gasteiger partial charge >= 0.3 is 0 Å². The molecule has 2 amide bonds. The van der Waals surface area contributed by atoms with E-state index in [0.29, 0.717) is 16.8 Å². The molecule has 0 saturated carbocycles. The van der Waals surface area contributed by atoms with E-state index in [1.165, 1.54) is 4.90 Å². The van der Waals surface area contributed by atoms with Crippen molar-refractivity contribution in [1.82, 2.24) is 0 Å². The van der Waals surface area contributed by atoms with Crippen molar-refractivity contribution < 1.29 is 23.2 Å². The highest BCUT2D eigenvalue weighted by Gasteiger charge is 2.38. The Morgan fingerprint density at radius 3 is 2.26 bits per heavy atom. The van der Waals surface area contributed by atoms with Crippen LogP contribution in [0.3, 0.4) is 0 Å². The number of amides is 2. The van der Waals surface area contributed by atoms with Crippen LogP contribution in [0.25, 0.3) is 0 Å². The summed E-state index contributed by atoms with van der Waals surface area (Å²) < 4.78 is 27.0. The number of nitrogens with one attached hydrogen (secondary N) is 1. The lowest BCUT2D eigenvalue weighted by molar-refractivity contribution is -0.129. The molecule has 1 atom stereocenters. The monoisotopic (exact) mass is 420 g/mol. The maximum absolute atomic E-state index is 13.5. The summed E-state index contributed by atoms with van der Waals surface area (Å²) in [7, 11) is 0. The first-order valence-electron chi connectivity index (χ1n) is 9.70. The molecule has 3 aromatic rings. The van der Waals surface area contributed by atoms with E-state index >= 15 is 0 Å². The lowest BCUT2D eigenvalue weighted by Crippen LogP contribution is -2.33. The Hall–Kier alpha value is -3.87. The van der Waals surface area contributed by atoms with Gasteiger partial charge in [-0.1, -0.05) is 42.5 Å². The molecular formula is C24H18F2N2O3. The number of anilines is 2. The van der Waals surface area contributed by atoms with Crippen molar-refractivity contribution in [3.63, 3.8) is 0 Å². The minimum atomic E-state index is -0.986. The molecule has 0 radical (unpaired) electrons. The van der Waals surface area contributed by atoms with Crippen LogP contribution in [0.4, 0.5) is 20.2 Å². The zero-order valence-corrected chi connectivity index (χ0v) is 16.3. The molecule has 0 aliphatic carbocycles. The van der Waals surface area contributed by atoms with Crippen molar-refractivity contribution in [1.29, 1.82) is 0 Å². The Morgan fingerprint density at radius 2 is 1.55 bits per heavy atom. The van der Waals surface area contributed by atoms with Gasteiger partial charge in [-0.05, 0) is 30.7 Å². The van der Waals surface area contributed by atoms with Crippen molar-refractivity contribution in [3.05, 3.63) is 95.6 Å². The molecule has 156 valence electrons. The van der Waals surface area contributed by atoms with Crippen LogP contribution in [0, 0.1) is 17.6 Å². The van der Waals surface area contributed by atoms with Crippen LogP contribution in [-0.4, -0.2) is 24.1 Å². The van der Waals surface area contributed by atoms with Gasteiger partial charge in [0.2, 0.25) is 11.8 Å². The number of benzene rings is 3. The van der Waals surface area contributed by atoms with E-state index in [2.05, 4.69) is 5.32 Å². The fraction of sp³-hybridized carbons (Fsp3) is 0.125. The third-order valence-corrected chi connectivity index (χ3v) is 5.11. The first kappa shape index (κ1) is 20.4. The number of nitrogens with zero attached hydrogens (tertiary/aromatic N) is 1. The fourth-order valence-corrected chi connectivity index (χ4v) is 3.60. The molecule has 1 fully saturated rings. The first-order chi connectivity index (χ1) is 14.9. The van der Waals surface area contributed by atoms with Crippen molar-refractivity contribution in [2.45, 2.75) is 6.42 Å². The van der Waals surface area contributed by atoms with Gasteiger partial charge in [0.25, 0.3) is 0 Å². The largest absolute Gasteiger partial charge is 0.325 e. The topological polar surface area (TPSA) is 66.5 Å². The predicted octanol–water partition coefficient (Wildman–Crippen LogP) is 4.19. The summed E-state index contributed by atoms with van der Waals surface area (Å²) in [5.41, 5.74) is 1.39. The van der Waals surface area contributed by atoms with E-state index in [1.54, 1.807) is 48.5 Å². The highest BCUT2D eigenvalue weighted by molar-refractivity contribution is 6.14. The molecule has 1 heterocycles. The van der Waals surface area contributed by atoms with Gasteiger partial charge in [0.05, 0.1) is 0 Å². The summed E-state index contributed by atoms with van der Waals surface area (Å²) >= 11 is 0. The van der Waals surface area contributed by atoms with Crippen molar-refractivity contribution in [3.8, 4) is 0 Å². The minimum absolute atomic E-state index is 0.0771. The second-order valence-corrected chi connectivity index (χ2v) is 7.22. The molecule has 4 rings (SSSR count). The molecule has 5 nitrogen and oxygen atoms in total. The smallest absolute Gasteiger partial charge is 0.239 e. The lowest BCUT2D eigenvalue weighted by atomic mass is 10.0. The Bertz CT molecular complexity index is 1140. The Morgan fingerprint density at radius 1 is 0.871 bits per heavy atom. The number of halogens is 2. The van der Waals surface area contributed by atoms with Crippen LogP contribution in [0.1, 0.15) is 22.3 Å². The van der Waals surface area contributed by atoms with Gasteiger partial charge in [0.1, 0.15) is 17.6 Å².